The number of rotatable bonds is 1. The zero-order valence-electron chi connectivity index (χ0n) is 7.59. The summed E-state index contributed by atoms with van der Waals surface area (Å²) in [5.41, 5.74) is 5.45. The third kappa shape index (κ3) is 2.43. The van der Waals surface area contributed by atoms with Gasteiger partial charge in [-0.15, -0.1) is 12.4 Å². The Morgan fingerprint density at radius 1 is 1.29 bits per heavy atom. The normalized spacial score (nSPS) is 16.1. The summed E-state index contributed by atoms with van der Waals surface area (Å²) in [6.45, 7) is 3.05. The highest BCUT2D eigenvalue weighted by atomic mass is 35.5. The molecule has 2 rings (SSSR count). The van der Waals surface area contributed by atoms with Crippen molar-refractivity contribution >= 4 is 24.3 Å². The number of halogens is 1. The summed E-state index contributed by atoms with van der Waals surface area (Å²) in [4.78, 5) is 13.8. The van der Waals surface area contributed by atoms with Crippen molar-refractivity contribution in [1.82, 2.24) is 15.0 Å². The van der Waals surface area contributed by atoms with Crippen LogP contribution in [0.15, 0.2) is 6.33 Å². The molecule has 6 nitrogen and oxygen atoms in total. The first-order chi connectivity index (χ1) is 6.36. The van der Waals surface area contributed by atoms with Crippen molar-refractivity contribution in [2.45, 2.75) is 0 Å². The van der Waals surface area contributed by atoms with Gasteiger partial charge in [0.15, 0.2) is 0 Å². The van der Waals surface area contributed by atoms with E-state index in [0.29, 0.717) is 19.2 Å². The number of nitrogen functional groups attached to an aromatic ring is 1. The molecule has 0 atom stereocenters. The number of hydrogen-bond donors (Lipinski definition) is 1. The van der Waals surface area contributed by atoms with Crippen LogP contribution in [0.2, 0.25) is 0 Å². The maximum Gasteiger partial charge on any atom is 0.230 e. The molecule has 7 heteroatoms. The molecule has 14 heavy (non-hydrogen) atoms. The van der Waals surface area contributed by atoms with Crippen molar-refractivity contribution in [3.63, 3.8) is 0 Å². The van der Waals surface area contributed by atoms with E-state index >= 15 is 0 Å². The lowest BCUT2D eigenvalue weighted by molar-refractivity contribution is 0.122. The first kappa shape index (κ1) is 10.9. The van der Waals surface area contributed by atoms with Gasteiger partial charge in [0.25, 0.3) is 0 Å². The quantitative estimate of drug-likeness (QED) is 0.697. The van der Waals surface area contributed by atoms with Crippen LogP contribution in [0.25, 0.3) is 0 Å². The van der Waals surface area contributed by atoms with Gasteiger partial charge in [-0.2, -0.15) is 4.98 Å². The Kier molecular flexibility index (Phi) is 3.84. The van der Waals surface area contributed by atoms with Crippen LogP contribution < -0.4 is 10.6 Å². The fourth-order valence-corrected chi connectivity index (χ4v) is 1.22. The van der Waals surface area contributed by atoms with Crippen LogP contribution in [0.1, 0.15) is 0 Å². The minimum absolute atomic E-state index is 0. The number of anilines is 2. The van der Waals surface area contributed by atoms with Gasteiger partial charge in [-0.3, -0.25) is 0 Å². The predicted octanol–water partition coefficient (Wildman–Crippen LogP) is -0.288. The van der Waals surface area contributed by atoms with Crippen molar-refractivity contribution in [2.75, 3.05) is 36.9 Å². The van der Waals surface area contributed by atoms with Crippen LogP contribution in [0.4, 0.5) is 11.9 Å². The Balaban J connectivity index is 0.000000980. The number of nitrogens with zero attached hydrogens (tertiary/aromatic N) is 4. The molecule has 1 saturated heterocycles. The van der Waals surface area contributed by atoms with Gasteiger partial charge >= 0.3 is 0 Å². The zero-order valence-corrected chi connectivity index (χ0v) is 8.40. The third-order valence-electron chi connectivity index (χ3n) is 1.87. The minimum Gasteiger partial charge on any atom is -0.378 e. The summed E-state index contributed by atoms with van der Waals surface area (Å²) in [5.74, 6) is 0.896. The van der Waals surface area contributed by atoms with E-state index in [2.05, 4.69) is 15.0 Å². The Labute approximate surface area is 87.9 Å². The number of morpholine rings is 1. The molecule has 1 aromatic heterocycles. The summed E-state index contributed by atoms with van der Waals surface area (Å²) >= 11 is 0. The van der Waals surface area contributed by atoms with Crippen LogP contribution in [0.3, 0.4) is 0 Å². The van der Waals surface area contributed by atoms with Gasteiger partial charge in [0, 0.05) is 13.1 Å². The average molecular weight is 218 g/mol. The highest BCUT2D eigenvalue weighted by Gasteiger charge is 2.13. The molecule has 1 aromatic rings. The maximum absolute atomic E-state index is 5.45. The van der Waals surface area contributed by atoms with E-state index in [-0.39, 0.29) is 18.4 Å². The van der Waals surface area contributed by atoms with Crippen LogP contribution in [0, 0.1) is 0 Å². The molecule has 1 aliphatic rings. The number of aromatic nitrogens is 3. The van der Waals surface area contributed by atoms with Gasteiger partial charge < -0.3 is 15.4 Å². The smallest absolute Gasteiger partial charge is 0.230 e. The molecule has 0 bridgehead atoms. The van der Waals surface area contributed by atoms with E-state index in [1.807, 2.05) is 4.90 Å². The Hall–Kier alpha value is -1.14. The topological polar surface area (TPSA) is 77.2 Å². The van der Waals surface area contributed by atoms with Crippen molar-refractivity contribution < 1.29 is 4.74 Å². The molecule has 2 heterocycles. The SMILES string of the molecule is Cl.Nc1ncnc(N2CCOCC2)n1. The van der Waals surface area contributed by atoms with Crippen LogP contribution in [-0.4, -0.2) is 41.3 Å². The first-order valence-electron chi connectivity index (χ1n) is 4.13. The average Bonchev–Trinajstić information content (AvgIpc) is 2.19. The maximum atomic E-state index is 5.45. The van der Waals surface area contributed by atoms with Crippen molar-refractivity contribution in [3.05, 3.63) is 6.33 Å². The monoisotopic (exact) mass is 217 g/mol. The lowest BCUT2D eigenvalue weighted by Gasteiger charge is -2.26. The Bertz CT molecular complexity index is 291. The van der Waals surface area contributed by atoms with Gasteiger partial charge in [-0.05, 0) is 0 Å². The van der Waals surface area contributed by atoms with Gasteiger partial charge in [0.1, 0.15) is 6.33 Å². The highest BCUT2D eigenvalue weighted by Crippen LogP contribution is 2.08. The summed E-state index contributed by atoms with van der Waals surface area (Å²) in [6.07, 6.45) is 1.42. The molecule has 78 valence electrons. The minimum atomic E-state index is 0. The fourth-order valence-electron chi connectivity index (χ4n) is 1.22. The molecule has 1 fully saturated rings. The van der Waals surface area contributed by atoms with Gasteiger partial charge in [0.05, 0.1) is 13.2 Å². The lowest BCUT2D eigenvalue weighted by atomic mass is 10.4. The summed E-state index contributed by atoms with van der Waals surface area (Å²) in [6, 6.07) is 0. The second-order valence-electron chi connectivity index (χ2n) is 2.74. The molecule has 0 saturated carbocycles. The number of nitrogens with two attached hydrogens (primary N) is 1. The van der Waals surface area contributed by atoms with Crippen LogP contribution in [0.5, 0.6) is 0 Å². The summed E-state index contributed by atoms with van der Waals surface area (Å²) in [5, 5.41) is 0. The van der Waals surface area contributed by atoms with E-state index in [0.717, 1.165) is 13.1 Å². The van der Waals surface area contributed by atoms with E-state index in [1.165, 1.54) is 6.33 Å². The molecule has 2 N–H and O–H groups in total. The van der Waals surface area contributed by atoms with Gasteiger partial charge in [-0.1, -0.05) is 0 Å². The Morgan fingerprint density at radius 2 is 2.00 bits per heavy atom. The molecule has 0 spiro atoms. The Morgan fingerprint density at radius 3 is 2.64 bits per heavy atom. The fraction of sp³-hybridized carbons (Fsp3) is 0.571. The van der Waals surface area contributed by atoms with Crippen molar-refractivity contribution in [1.29, 1.82) is 0 Å². The van der Waals surface area contributed by atoms with E-state index < -0.39 is 0 Å². The predicted molar refractivity (Wildman–Crippen MR) is 54.5 cm³/mol. The molecular formula is C7H12ClN5O. The van der Waals surface area contributed by atoms with Crippen LogP contribution >= 0.6 is 12.4 Å². The molecule has 1 aliphatic heterocycles. The van der Waals surface area contributed by atoms with E-state index in [1.54, 1.807) is 0 Å². The molecule has 0 aromatic carbocycles. The van der Waals surface area contributed by atoms with Gasteiger partial charge in [0.2, 0.25) is 11.9 Å². The molecule has 0 amide bonds. The van der Waals surface area contributed by atoms with Crippen molar-refractivity contribution in [2.24, 2.45) is 0 Å². The second-order valence-corrected chi connectivity index (χ2v) is 2.74. The molecule has 0 aliphatic carbocycles. The van der Waals surface area contributed by atoms with E-state index in [4.69, 9.17) is 10.5 Å². The van der Waals surface area contributed by atoms with Crippen molar-refractivity contribution in [3.8, 4) is 0 Å². The molecular weight excluding hydrogens is 206 g/mol. The summed E-state index contributed by atoms with van der Waals surface area (Å²) < 4.78 is 5.21. The molecule has 0 radical (unpaired) electrons. The highest BCUT2D eigenvalue weighted by molar-refractivity contribution is 5.85. The first-order valence-corrected chi connectivity index (χ1v) is 4.13. The van der Waals surface area contributed by atoms with Crippen LogP contribution in [-0.2, 0) is 4.74 Å². The number of hydrogen-bond acceptors (Lipinski definition) is 6. The third-order valence-corrected chi connectivity index (χ3v) is 1.87. The lowest BCUT2D eigenvalue weighted by Crippen LogP contribution is -2.37. The molecule has 0 unspecified atom stereocenters. The summed E-state index contributed by atoms with van der Waals surface area (Å²) in [7, 11) is 0. The standard InChI is InChI=1S/C7H11N5O.ClH/c8-6-9-5-10-7(11-6)12-1-3-13-4-2-12;/h5H,1-4H2,(H2,8,9,10,11);1H. The van der Waals surface area contributed by atoms with Gasteiger partial charge in [-0.25, -0.2) is 9.97 Å². The zero-order chi connectivity index (χ0) is 9.10. The second kappa shape index (κ2) is 4.92. The number of ether oxygens (including phenoxy) is 1. The van der Waals surface area contributed by atoms with E-state index in [9.17, 15) is 0 Å². The largest absolute Gasteiger partial charge is 0.378 e.